The van der Waals surface area contributed by atoms with Crippen LogP contribution in [-0.2, 0) is 6.42 Å². The van der Waals surface area contributed by atoms with Crippen LogP contribution in [0.5, 0.6) is 0 Å². The molecule has 108 valence electrons. The number of aromatic nitrogens is 1. The number of thiazole rings is 1. The Balaban J connectivity index is 0.00000200. The number of anilines is 1. The first-order valence-electron chi connectivity index (χ1n) is 6.13. The number of nitrogens with one attached hydrogen (secondary N) is 1. The molecular formula is C14H18ClN3OS. The van der Waals surface area contributed by atoms with Gasteiger partial charge in [0.25, 0.3) is 5.91 Å². The molecule has 1 aromatic heterocycles. The summed E-state index contributed by atoms with van der Waals surface area (Å²) in [4.78, 5) is 16.3. The molecule has 3 N–H and O–H groups in total. The Hall–Kier alpha value is -1.43. The van der Waals surface area contributed by atoms with Crippen LogP contribution in [-0.4, -0.2) is 17.4 Å². The van der Waals surface area contributed by atoms with E-state index in [0.717, 1.165) is 16.3 Å². The summed E-state index contributed by atoms with van der Waals surface area (Å²) in [5.74, 6) is -0.178. The van der Waals surface area contributed by atoms with Gasteiger partial charge in [0.1, 0.15) is 5.69 Å². The second-order valence-corrected chi connectivity index (χ2v) is 5.36. The van der Waals surface area contributed by atoms with E-state index in [0.29, 0.717) is 18.7 Å². The lowest BCUT2D eigenvalue weighted by atomic mass is 10.1. The standard InChI is InChI=1S/C14H17N3OS.ClH/c1-9-3-4-11(7-10(9)2)16-14(18)12-8-19-13(17-12)5-6-15;/h3-4,7-8H,5-6,15H2,1-2H3,(H,16,18);1H. The van der Waals surface area contributed by atoms with Gasteiger partial charge >= 0.3 is 0 Å². The number of halogens is 1. The highest BCUT2D eigenvalue weighted by atomic mass is 35.5. The summed E-state index contributed by atoms with van der Waals surface area (Å²) >= 11 is 1.47. The minimum absolute atomic E-state index is 0. The summed E-state index contributed by atoms with van der Waals surface area (Å²) in [5, 5.41) is 5.52. The van der Waals surface area contributed by atoms with Crippen molar-refractivity contribution in [1.82, 2.24) is 4.98 Å². The normalized spacial score (nSPS) is 9.95. The van der Waals surface area contributed by atoms with Crippen LogP contribution in [0.2, 0.25) is 0 Å². The molecule has 0 unspecified atom stereocenters. The van der Waals surface area contributed by atoms with Crippen LogP contribution in [0.15, 0.2) is 23.6 Å². The molecule has 0 fully saturated rings. The Bertz CT molecular complexity index is 598. The Labute approximate surface area is 128 Å². The molecule has 1 amide bonds. The molecule has 0 aliphatic heterocycles. The third-order valence-electron chi connectivity index (χ3n) is 2.91. The molecule has 0 aliphatic rings. The summed E-state index contributed by atoms with van der Waals surface area (Å²) in [7, 11) is 0. The number of carbonyl (C=O) groups excluding carboxylic acids is 1. The third kappa shape index (κ3) is 4.03. The monoisotopic (exact) mass is 311 g/mol. The Morgan fingerprint density at radius 2 is 2.10 bits per heavy atom. The van der Waals surface area contributed by atoms with E-state index in [1.807, 2.05) is 32.0 Å². The van der Waals surface area contributed by atoms with Crippen molar-refractivity contribution in [3.05, 3.63) is 45.4 Å². The highest BCUT2D eigenvalue weighted by Crippen LogP contribution is 2.16. The predicted octanol–water partition coefficient (Wildman–Crippen LogP) is 2.94. The van der Waals surface area contributed by atoms with Crippen LogP contribution in [0.25, 0.3) is 0 Å². The van der Waals surface area contributed by atoms with Crippen molar-refractivity contribution in [2.45, 2.75) is 20.3 Å². The van der Waals surface area contributed by atoms with Gasteiger partial charge < -0.3 is 11.1 Å². The van der Waals surface area contributed by atoms with Crippen molar-refractivity contribution in [3.8, 4) is 0 Å². The average Bonchev–Trinajstić information content (AvgIpc) is 2.83. The lowest BCUT2D eigenvalue weighted by Gasteiger charge is -2.06. The second-order valence-electron chi connectivity index (χ2n) is 4.42. The number of hydrogen-bond donors (Lipinski definition) is 2. The summed E-state index contributed by atoms with van der Waals surface area (Å²) in [6.45, 7) is 4.61. The molecular weight excluding hydrogens is 294 g/mol. The van der Waals surface area contributed by atoms with E-state index in [4.69, 9.17) is 5.73 Å². The zero-order valence-electron chi connectivity index (χ0n) is 11.5. The molecule has 2 rings (SSSR count). The van der Waals surface area contributed by atoms with Crippen molar-refractivity contribution in [3.63, 3.8) is 0 Å². The molecule has 1 heterocycles. The molecule has 20 heavy (non-hydrogen) atoms. The molecule has 6 heteroatoms. The number of amides is 1. The van der Waals surface area contributed by atoms with Gasteiger partial charge in [0, 0.05) is 17.5 Å². The van der Waals surface area contributed by atoms with Gasteiger partial charge in [0.2, 0.25) is 0 Å². The second kappa shape index (κ2) is 7.38. The summed E-state index contributed by atoms with van der Waals surface area (Å²) in [6.07, 6.45) is 0.710. The zero-order valence-corrected chi connectivity index (χ0v) is 13.1. The number of nitrogens with two attached hydrogens (primary N) is 1. The molecule has 0 spiro atoms. The van der Waals surface area contributed by atoms with Crippen LogP contribution in [0.3, 0.4) is 0 Å². The Morgan fingerprint density at radius 3 is 2.75 bits per heavy atom. The topological polar surface area (TPSA) is 68.0 Å². The van der Waals surface area contributed by atoms with Crippen molar-refractivity contribution in [2.75, 3.05) is 11.9 Å². The van der Waals surface area contributed by atoms with E-state index in [1.54, 1.807) is 5.38 Å². The molecule has 1 aromatic carbocycles. The fourth-order valence-electron chi connectivity index (χ4n) is 1.67. The van der Waals surface area contributed by atoms with E-state index >= 15 is 0 Å². The minimum atomic E-state index is -0.178. The Morgan fingerprint density at radius 1 is 1.35 bits per heavy atom. The van der Waals surface area contributed by atoms with Gasteiger partial charge in [0.15, 0.2) is 0 Å². The quantitative estimate of drug-likeness (QED) is 0.912. The number of carbonyl (C=O) groups is 1. The minimum Gasteiger partial charge on any atom is -0.330 e. The smallest absolute Gasteiger partial charge is 0.275 e. The molecule has 0 radical (unpaired) electrons. The van der Waals surface area contributed by atoms with E-state index < -0.39 is 0 Å². The largest absolute Gasteiger partial charge is 0.330 e. The number of rotatable bonds is 4. The maximum Gasteiger partial charge on any atom is 0.275 e. The lowest BCUT2D eigenvalue weighted by Crippen LogP contribution is -2.13. The van der Waals surface area contributed by atoms with Crippen LogP contribution in [0, 0.1) is 13.8 Å². The summed E-state index contributed by atoms with van der Waals surface area (Å²) in [6, 6.07) is 5.85. The van der Waals surface area contributed by atoms with Crippen LogP contribution >= 0.6 is 23.7 Å². The van der Waals surface area contributed by atoms with Crippen molar-refractivity contribution in [2.24, 2.45) is 5.73 Å². The maximum absolute atomic E-state index is 12.0. The van der Waals surface area contributed by atoms with Crippen LogP contribution in [0.1, 0.15) is 26.6 Å². The van der Waals surface area contributed by atoms with Gasteiger partial charge in [-0.05, 0) is 43.7 Å². The van der Waals surface area contributed by atoms with Gasteiger partial charge in [-0.1, -0.05) is 6.07 Å². The van der Waals surface area contributed by atoms with Gasteiger partial charge in [-0.15, -0.1) is 23.7 Å². The third-order valence-corrected chi connectivity index (χ3v) is 3.82. The first-order chi connectivity index (χ1) is 9.10. The molecule has 0 bridgehead atoms. The molecule has 0 saturated heterocycles. The van der Waals surface area contributed by atoms with E-state index in [2.05, 4.69) is 10.3 Å². The van der Waals surface area contributed by atoms with Gasteiger partial charge in [-0.3, -0.25) is 4.79 Å². The molecule has 4 nitrogen and oxygen atoms in total. The highest BCUT2D eigenvalue weighted by Gasteiger charge is 2.11. The van der Waals surface area contributed by atoms with Crippen molar-refractivity contribution < 1.29 is 4.79 Å². The lowest BCUT2D eigenvalue weighted by molar-refractivity contribution is 0.102. The molecule has 0 aliphatic carbocycles. The summed E-state index contributed by atoms with van der Waals surface area (Å²) < 4.78 is 0. The fraction of sp³-hybridized carbons (Fsp3) is 0.286. The SMILES string of the molecule is Cc1ccc(NC(=O)c2csc(CCN)n2)cc1C.Cl. The molecule has 0 saturated carbocycles. The summed E-state index contributed by atoms with van der Waals surface area (Å²) in [5.41, 5.74) is 9.07. The van der Waals surface area contributed by atoms with Gasteiger partial charge in [-0.25, -0.2) is 4.98 Å². The van der Waals surface area contributed by atoms with Crippen molar-refractivity contribution >= 4 is 35.3 Å². The number of aryl methyl sites for hydroxylation is 2. The first-order valence-corrected chi connectivity index (χ1v) is 7.01. The number of nitrogens with zero attached hydrogens (tertiary/aromatic N) is 1. The van der Waals surface area contributed by atoms with Crippen LogP contribution in [0.4, 0.5) is 5.69 Å². The highest BCUT2D eigenvalue weighted by molar-refractivity contribution is 7.09. The van der Waals surface area contributed by atoms with E-state index in [1.165, 1.54) is 16.9 Å². The predicted molar refractivity (Wildman–Crippen MR) is 86.0 cm³/mol. The van der Waals surface area contributed by atoms with E-state index in [9.17, 15) is 4.79 Å². The van der Waals surface area contributed by atoms with Crippen molar-refractivity contribution in [1.29, 1.82) is 0 Å². The van der Waals surface area contributed by atoms with Gasteiger partial charge in [-0.2, -0.15) is 0 Å². The van der Waals surface area contributed by atoms with Crippen LogP contribution < -0.4 is 11.1 Å². The van der Waals surface area contributed by atoms with Gasteiger partial charge in [0.05, 0.1) is 5.01 Å². The van der Waals surface area contributed by atoms with E-state index in [-0.39, 0.29) is 18.3 Å². The number of benzene rings is 1. The maximum atomic E-state index is 12.0. The zero-order chi connectivity index (χ0) is 13.8. The molecule has 0 atom stereocenters. The average molecular weight is 312 g/mol. The fourth-order valence-corrected chi connectivity index (χ4v) is 2.46. The number of hydrogen-bond acceptors (Lipinski definition) is 4. The first kappa shape index (κ1) is 16.6. The Kier molecular flexibility index (Phi) is 6.13. The molecule has 2 aromatic rings.